The zero-order valence-electron chi connectivity index (χ0n) is 10.3. The fraction of sp³-hybridized carbons (Fsp3) is 0.462. The Morgan fingerprint density at radius 3 is 2.94 bits per heavy atom. The number of hydrogen-bond donors (Lipinski definition) is 0. The van der Waals surface area contributed by atoms with E-state index in [1.807, 2.05) is 24.3 Å². The standard InChI is InChI=1S/C13H18O3S/c1-3-17-8-7-13(14)16-10-11-5-4-6-12(9-11)15-2/h4-6,9H,3,7-8,10H2,1-2H3. The Hall–Kier alpha value is -1.16. The molecule has 0 fully saturated rings. The van der Waals surface area contributed by atoms with Gasteiger partial charge < -0.3 is 9.47 Å². The smallest absolute Gasteiger partial charge is 0.306 e. The average molecular weight is 254 g/mol. The fourth-order valence-electron chi connectivity index (χ4n) is 1.30. The first kappa shape index (κ1) is 13.9. The molecule has 1 rings (SSSR count). The summed E-state index contributed by atoms with van der Waals surface area (Å²) in [4.78, 5) is 11.4. The molecule has 4 heteroatoms. The number of ether oxygens (including phenoxy) is 2. The fourth-order valence-corrected chi connectivity index (χ4v) is 1.90. The summed E-state index contributed by atoms with van der Waals surface area (Å²) >= 11 is 1.74. The lowest BCUT2D eigenvalue weighted by atomic mass is 10.2. The molecule has 0 N–H and O–H groups in total. The van der Waals surface area contributed by atoms with Crippen molar-refractivity contribution in [2.24, 2.45) is 0 Å². The van der Waals surface area contributed by atoms with Crippen molar-refractivity contribution in [3.8, 4) is 5.75 Å². The predicted molar refractivity (Wildman–Crippen MR) is 70.4 cm³/mol. The number of methoxy groups -OCH3 is 1. The molecule has 0 radical (unpaired) electrons. The molecule has 0 aliphatic carbocycles. The maximum absolute atomic E-state index is 11.4. The summed E-state index contributed by atoms with van der Waals surface area (Å²) in [7, 11) is 1.62. The van der Waals surface area contributed by atoms with E-state index in [9.17, 15) is 4.79 Å². The summed E-state index contributed by atoms with van der Waals surface area (Å²) in [5.41, 5.74) is 0.945. The van der Waals surface area contributed by atoms with E-state index in [2.05, 4.69) is 6.92 Å². The van der Waals surface area contributed by atoms with Crippen LogP contribution in [0.3, 0.4) is 0 Å². The van der Waals surface area contributed by atoms with Crippen LogP contribution >= 0.6 is 11.8 Å². The lowest BCUT2D eigenvalue weighted by molar-refractivity contribution is -0.144. The lowest BCUT2D eigenvalue weighted by Crippen LogP contribution is -2.05. The second-order valence-electron chi connectivity index (χ2n) is 3.46. The number of carbonyl (C=O) groups excluding carboxylic acids is 1. The first-order chi connectivity index (χ1) is 8.26. The summed E-state index contributed by atoms with van der Waals surface area (Å²) in [5, 5.41) is 0. The van der Waals surface area contributed by atoms with Gasteiger partial charge in [0.25, 0.3) is 0 Å². The highest BCUT2D eigenvalue weighted by atomic mass is 32.2. The van der Waals surface area contributed by atoms with Crippen LogP contribution in [0.1, 0.15) is 18.9 Å². The monoisotopic (exact) mass is 254 g/mol. The molecule has 0 saturated heterocycles. The van der Waals surface area contributed by atoms with Crippen molar-refractivity contribution in [3.63, 3.8) is 0 Å². The zero-order valence-corrected chi connectivity index (χ0v) is 11.1. The van der Waals surface area contributed by atoms with Crippen molar-refractivity contribution in [1.82, 2.24) is 0 Å². The third-order valence-electron chi connectivity index (χ3n) is 2.19. The minimum atomic E-state index is -0.145. The summed E-state index contributed by atoms with van der Waals surface area (Å²) in [6.45, 7) is 2.39. The van der Waals surface area contributed by atoms with Crippen molar-refractivity contribution in [2.75, 3.05) is 18.6 Å². The zero-order chi connectivity index (χ0) is 12.5. The summed E-state index contributed by atoms with van der Waals surface area (Å²) in [5.74, 6) is 2.49. The molecule has 0 heterocycles. The Bertz CT molecular complexity index is 352. The molecule has 0 unspecified atom stereocenters. The average Bonchev–Trinajstić information content (AvgIpc) is 2.37. The normalized spacial score (nSPS) is 10.0. The van der Waals surface area contributed by atoms with Gasteiger partial charge in [-0.1, -0.05) is 19.1 Å². The SMILES string of the molecule is CCSCCC(=O)OCc1cccc(OC)c1. The molecule has 1 aromatic carbocycles. The molecule has 0 aliphatic heterocycles. The highest BCUT2D eigenvalue weighted by Gasteiger charge is 2.03. The molecule has 0 saturated carbocycles. The van der Waals surface area contributed by atoms with Crippen molar-refractivity contribution in [3.05, 3.63) is 29.8 Å². The minimum absolute atomic E-state index is 0.145. The summed E-state index contributed by atoms with van der Waals surface area (Å²) in [6.07, 6.45) is 0.475. The molecule has 94 valence electrons. The van der Waals surface area contributed by atoms with Crippen LogP contribution in [0.15, 0.2) is 24.3 Å². The molecule has 0 spiro atoms. The third-order valence-corrected chi connectivity index (χ3v) is 3.09. The van der Waals surface area contributed by atoms with Crippen LogP contribution in [-0.2, 0) is 16.1 Å². The van der Waals surface area contributed by atoms with E-state index in [1.165, 1.54) is 0 Å². The van der Waals surface area contributed by atoms with Gasteiger partial charge in [0, 0.05) is 5.75 Å². The molecule has 17 heavy (non-hydrogen) atoms. The Kier molecular flexibility index (Phi) is 6.55. The Morgan fingerprint density at radius 1 is 1.41 bits per heavy atom. The van der Waals surface area contributed by atoms with Crippen molar-refractivity contribution in [1.29, 1.82) is 0 Å². The highest BCUT2D eigenvalue weighted by Crippen LogP contribution is 2.13. The molecule has 0 atom stereocenters. The second-order valence-corrected chi connectivity index (χ2v) is 4.85. The third kappa shape index (κ3) is 5.63. The molecule has 0 amide bonds. The topological polar surface area (TPSA) is 35.5 Å². The van der Waals surface area contributed by atoms with E-state index < -0.39 is 0 Å². The molecule has 3 nitrogen and oxygen atoms in total. The molecular weight excluding hydrogens is 236 g/mol. The first-order valence-corrected chi connectivity index (χ1v) is 6.78. The predicted octanol–water partition coefficient (Wildman–Crippen LogP) is 2.88. The Labute approximate surface area is 106 Å². The van der Waals surface area contributed by atoms with Gasteiger partial charge in [0.05, 0.1) is 13.5 Å². The highest BCUT2D eigenvalue weighted by molar-refractivity contribution is 7.99. The van der Waals surface area contributed by atoms with Crippen molar-refractivity contribution in [2.45, 2.75) is 20.0 Å². The van der Waals surface area contributed by atoms with E-state index >= 15 is 0 Å². The minimum Gasteiger partial charge on any atom is -0.497 e. The summed E-state index contributed by atoms with van der Waals surface area (Å²) in [6, 6.07) is 7.53. The lowest BCUT2D eigenvalue weighted by Gasteiger charge is -2.06. The van der Waals surface area contributed by atoms with E-state index in [0.717, 1.165) is 22.8 Å². The van der Waals surface area contributed by atoms with Gasteiger partial charge in [-0.2, -0.15) is 11.8 Å². The van der Waals surface area contributed by atoms with E-state index in [0.29, 0.717) is 13.0 Å². The van der Waals surface area contributed by atoms with Gasteiger partial charge in [-0.25, -0.2) is 0 Å². The van der Waals surface area contributed by atoms with Crippen LogP contribution in [0.25, 0.3) is 0 Å². The maximum atomic E-state index is 11.4. The Morgan fingerprint density at radius 2 is 2.24 bits per heavy atom. The number of carbonyl (C=O) groups is 1. The largest absolute Gasteiger partial charge is 0.497 e. The van der Waals surface area contributed by atoms with Gasteiger partial charge in [-0.05, 0) is 23.4 Å². The first-order valence-electron chi connectivity index (χ1n) is 5.62. The van der Waals surface area contributed by atoms with Crippen LogP contribution in [0, 0.1) is 0 Å². The van der Waals surface area contributed by atoms with Crippen LogP contribution in [0.2, 0.25) is 0 Å². The van der Waals surface area contributed by atoms with Crippen LogP contribution in [0.5, 0.6) is 5.75 Å². The van der Waals surface area contributed by atoms with E-state index in [4.69, 9.17) is 9.47 Å². The number of hydrogen-bond acceptors (Lipinski definition) is 4. The van der Waals surface area contributed by atoms with Crippen LogP contribution in [-0.4, -0.2) is 24.6 Å². The maximum Gasteiger partial charge on any atom is 0.306 e. The number of thioether (sulfide) groups is 1. The molecule has 0 aliphatic rings. The quantitative estimate of drug-likeness (QED) is 0.553. The number of benzene rings is 1. The van der Waals surface area contributed by atoms with Crippen LogP contribution < -0.4 is 4.74 Å². The van der Waals surface area contributed by atoms with Gasteiger partial charge in [-0.15, -0.1) is 0 Å². The van der Waals surface area contributed by atoms with E-state index in [1.54, 1.807) is 18.9 Å². The van der Waals surface area contributed by atoms with Crippen LogP contribution in [0.4, 0.5) is 0 Å². The molecule has 0 bridgehead atoms. The van der Waals surface area contributed by atoms with Gasteiger partial charge in [0.1, 0.15) is 12.4 Å². The van der Waals surface area contributed by atoms with Crippen molar-refractivity contribution >= 4 is 17.7 Å². The van der Waals surface area contributed by atoms with Gasteiger partial charge in [0.2, 0.25) is 0 Å². The number of esters is 1. The molecule has 1 aromatic rings. The van der Waals surface area contributed by atoms with Gasteiger partial charge >= 0.3 is 5.97 Å². The molecule has 0 aromatic heterocycles. The number of rotatable bonds is 7. The summed E-state index contributed by atoms with van der Waals surface area (Å²) < 4.78 is 10.3. The van der Waals surface area contributed by atoms with Gasteiger partial charge in [-0.3, -0.25) is 4.79 Å². The molecular formula is C13H18O3S. The van der Waals surface area contributed by atoms with Crippen molar-refractivity contribution < 1.29 is 14.3 Å². The van der Waals surface area contributed by atoms with Gasteiger partial charge in [0.15, 0.2) is 0 Å². The van der Waals surface area contributed by atoms with E-state index in [-0.39, 0.29) is 5.97 Å². The Balaban J connectivity index is 2.31. The second kappa shape index (κ2) is 8.01.